The molecule has 15 heavy (non-hydrogen) atoms. The fourth-order valence-electron chi connectivity index (χ4n) is 1.95. The smallest absolute Gasteiger partial charge is 0.305 e. The number of carboxylic acids is 1. The van der Waals surface area contributed by atoms with Gasteiger partial charge in [-0.25, -0.2) is 0 Å². The maximum Gasteiger partial charge on any atom is 0.305 e. The second-order valence-electron chi connectivity index (χ2n) is 3.84. The highest BCUT2D eigenvalue weighted by atomic mass is 79.9. The van der Waals surface area contributed by atoms with Gasteiger partial charge in [-0.1, -0.05) is 28.1 Å². The van der Waals surface area contributed by atoms with E-state index in [0.29, 0.717) is 0 Å². The predicted octanol–water partition coefficient (Wildman–Crippen LogP) is 2.11. The summed E-state index contributed by atoms with van der Waals surface area (Å²) in [6, 6.07) is 7.83. The fourth-order valence-corrected chi connectivity index (χ4v) is 2.22. The molecule has 2 rings (SSSR count). The van der Waals surface area contributed by atoms with Crippen molar-refractivity contribution in [2.45, 2.75) is 18.4 Å². The molecule has 1 aromatic carbocycles. The summed E-state index contributed by atoms with van der Waals surface area (Å²) in [5, 5.41) is 12.1. The van der Waals surface area contributed by atoms with Crippen LogP contribution in [0.1, 0.15) is 18.4 Å². The molecule has 3 nitrogen and oxygen atoms in total. The van der Waals surface area contributed by atoms with Crippen molar-refractivity contribution in [3.05, 3.63) is 34.3 Å². The van der Waals surface area contributed by atoms with Gasteiger partial charge in [0.05, 0.1) is 12.0 Å². The van der Waals surface area contributed by atoms with Gasteiger partial charge in [0.2, 0.25) is 0 Å². The molecule has 80 valence electrons. The van der Waals surface area contributed by atoms with Gasteiger partial charge in [-0.3, -0.25) is 4.79 Å². The number of nitrogens with one attached hydrogen (secondary N) is 1. The summed E-state index contributed by atoms with van der Waals surface area (Å²) >= 11 is 3.37. The monoisotopic (exact) mass is 269 g/mol. The highest BCUT2D eigenvalue weighted by molar-refractivity contribution is 9.10. The van der Waals surface area contributed by atoms with Crippen molar-refractivity contribution in [1.29, 1.82) is 0 Å². The molecule has 0 aliphatic carbocycles. The SMILES string of the molecule is O=C(O)CC1(c2ccc(Br)cc2)CCN1. The molecule has 1 atom stereocenters. The van der Waals surface area contributed by atoms with Gasteiger partial charge in [-0.05, 0) is 30.7 Å². The standard InChI is InChI=1S/C11H12BrNO2/c12-9-3-1-8(2-4-9)11(5-6-13-11)7-10(14)15/h1-4,13H,5-7H2,(H,14,15). The first-order chi connectivity index (χ1) is 7.12. The van der Waals surface area contributed by atoms with Crippen LogP contribution in [-0.4, -0.2) is 17.6 Å². The summed E-state index contributed by atoms with van der Waals surface area (Å²) in [4.78, 5) is 10.8. The average molecular weight is 270 g/mol. The van der Waals surface area contributed by atoms with Crippen LogP contribution in [0.5, 0.6) is 0 Å². The van der Waals surface area contributed by atoms with Crippen molar-refractivity contribution in [1.82, 2.24) is 5.32 Å². The molecule has 1 heterocycles. The van der Waals surface area contributed by atoms with Crippen LogP contribution < -0.4 is 5.32 Å². The second kappa shape index (κ2) is 3.94. The van der Waals surface area contributed by atoms with Crippen molar-refractivity contribution in [2.24, 2.45) is 0 Å². The van der Waals surface area contributed by atoms with Gasteiger partial charge in [0, 0.05) is 4.47 Å². The summed E-state index contributed by atoms with van der Waals surface area (Å²) in [5.41, 5.74) is 0.714. The van der Waals surface area contributed by atoms with Crippen LogP contribution in [-0.2, 0) is 10.3 Å². The zero-order valence-corrected chi connectivity index (χ0v) is 9.75. The number of aliphatic carboxylic acids is 1. The summed E-state index contributed by atoms with van der Waals surface area (Å²) < 4.78 is 1.01. The molecule has 0 bridgehead atoms. The first-order valence-corrected chi connectivity index (χ1v) is 5.65. The Morgan fingerprint density at radius 1 is 1.47 bits per heavy atom. The summed E-state index contributed by atoms with van der Waals surface area (Å²) in [5.74, 6) is -0.759. The van der Waals surface area contributed by atoms with Crippen LogP contribution in [0.3, 0.4) is 0 Å². The fraction of sp³-hybridized carbons (Fsp3) is 0.364. The van der Waals surface area contributed by atoms with Crippen LogP contribution in [0.4, 0.5) is 0 Å². The lowest BCUT2D eigenvalue weighted by Gasteiger charge is -2.42. The number of benzene rings is 1. The first-order valence-electron chi connectivity index (χ1n) is 4.85. The Morgan fingerprint density at radius 2 is 2.07 bits per heavy atom. The Bertz CT molecular complexity index is 371. The van der Waals surface area contributed by atoms with E-state index < -0.39 is 5.97 Å². The minimum Gasteiger partial charge on any atom is -0.481 e. The van der Waals surface area contributed by atoms with E-state index in [2.05, 4.69) is 21.2 Å². The molecule has 0 aromatic heterocycles. The number of carbonyl (C=O) groups is 1. The lowest BCUT2D eigenvalue weighted by molar-refractivity contribution is -0.139. The van der Waals surface area contributed by atoms with E-state index in [1.165, 1.54) is 0 Å². The van der Waals surface area contributed by atoms with Crippen LogP contribution in [0.25, 0.3) is 0 Å². The lowest BCUT2D eigenvalue weighted by Crippen LogP contribution is -2.55. The summed E-state index contributed by atoms with van der Waals surface area (Å²) in [7, 11) is 0. The number of rotatable bonds is 3. The quantitative estimate of drug-likeness (QED) is 0.884. The van der Waals surface area contributed by atoms with E-state index in [9.17, 15) is 4.79 Å². The van der Waals surface area contributed by atoms with Crippen LogP contribution in [0.2, 0.25) is 0 Å². The molecule has 1 fully saturated rings. The average Bonchev–Trinajstić information content (AvgIpc) is 2.13. The molecule has 4 heteroatoms. The molecule has 0 spiro atoms. The molecule has 1 aliphatic heterocycles. The third-order valence-corrected chi connectivity index (χ3v) is 3.39. The Balaban J connectivity index is 2.26. The molecule has 0 radical (unpaired) electrons. The maximum atomic E-state index is 10.8. The molecule has 2 N–H and O–H groups in total. The van der Waals surface area contributed by atoms with Gasteiger partial charge >= 0.3 is 5.97 Å². The van der Waals surface area contributed by atoms with Crippen molar-refractivity contribution in [2.75, 3.05) is 6.54 Å². The van der Waals surface area contributed by atoms with Crippen molar-refractivity contribution >= 4 is 21.9 Å². The van der Waals surface area contributed by atoms with Gasteiger partial charge in [0.15, 0.2) is 0 Å². The minimum absolute atomic E-state index is 0.147. The van der Waals surface area contributed by atoms with Crippen molar-refractivity contribution in [3.63, 3.8) is 0 Å². The maximum absolute atomic E-state index is 10.8. The minimum atomic E-state index is -0.759. The van der Waals surface area contributed by atoms with E-state index in [4.69, 9.17) is 5.11 Å². The molecular formula is C11H12BrNO2. The molecule has 1 unspecified atom stereocenters. The van der Waals surface area contributed by atoms with Crippen LogP contribution >= 0.6 is 15.9 Å². The third kappa shape index (κ3) is 2.06. The Labute approximate surface area is 96.6 Å². The Hall–Kier alpha value is -0.870. The molecule has 0 amide bonds. The highest BCUT2D eigenvalue weighted by Crippen LogP contribution is 2.35. The summed E-state index contributed by atoms with van der Waals surface area (Å²) in [6.07, 6.45) is 1.04. The third-order valence-electron chi connectivity index (χ3n) is 2.86. The lowest BCUT2D eigenvalue weighted by atomic mass is 9.78. The normalized spacial score (nSPS) is 24.6. The van der Waals surface area contributed by atoms with Crippen molar-refractivity contribution < 1.29 is 9.90 Å². The van der Waals surface area contributed by atoms with Gasteiger partial charge in [0.1, 0.15) is 0 Å². The molecule has 1 aromatic rings. The van der Waals surface area contributed by atoms with Crippen LogP contribution in [0, 0.1) is 0 Å². The van der Waals surface area contributed by atoms with Gasteiger partial charge < -0.3 is 10.4 Å². The number of carboxylic acid groups (broad SMARTS) is 1. The van der Waals surface area contributed by atoms with Crippen LogP contribution in [0.15, 0.2) is 28.7 Å². The first kappa shape index (κ1) is 10.6. The highest BCUT2D eigenvalue weighted by Gasteiger charge is 2.40. The van der Waals surface area contributed by atoms with Gasteiger partial charge in [0.25, 0.3) is 0 Å². The molecule has 0 saturated carbocycles. The van der Waals surface area contributed by atoms with E-state index in [1.54, 1.807) is 0 Å². The molecule has 1 saturated heterocycles. The zero-order chi connectivity index (χ0) is 10.9. The van der Waals surface area contributed by atoms with E-state index >= 15 is 0 Å². The number of hydrogen-bond donors (Lipinski definition) is 2. The largest absolute Gasteiger partial charge is 0.481 e. The molecular weight excluding hydrogens is 258 g/mol. The van der Waals surface area contributed by atoms with Crippen molar-refractivity contribution in [3.8, 4) is 0 Å². The number of halogens is 1. The zero-order valence-electron chi connectivity index (χ0n) is 8.16. The number of hydrogen-bond acceptors (Lipinski definition) is 2. The van der Waals surface area contributed by atoms with E-state index in [-0.39, 0.29) is 12.0 Å². The van der Waals surface area contributed by atoms with Gasteiger partial charge in [-0.2, -0.15) is 0 Å². The Morgan fingerprint density at radius 3 is 2.47 bits per heavy atom. The van der Waals surface area contributed by atoms with Gasteiger partial charge in [-0.15, -0.1) is 0 Å². The Kier molecular flexibility index (Phi) is 2.80. The van der Waals surface area contributed by atoms with E-state index in [0.717, 1.165) is 23.0 Å². The molecule has 1 aliphatic rings. The van der Waals surface area contributed by atoms with E-state index in [1.807, 2.05) is 24.3 Å². The predicted molar refractivity (Wildman–Crippen MR) is 60.7 cm³/mol. The second-order valence-corrected chi connectivity index (χ2v) is 4.75. The summed E-state index contributed by atoms with van der Waals surface area (Å²) in [6.45, 7) is 0.892. The topological polar surface area (TPSA) is 49.3 Å².